The van der Waals surface area contributed by atoms with Crippen LogP contribution in [-0.2, 0) is 16.0 Å². The third kappa shape index (κ3) is 3.68. The minimum atomic E-state index is -1.06. The van der Waals surface area contributed by atoms with Crippen molar-refractivity contribution < 1.29 is 23.1 Å². The molecule has 0 aliphatic carbocycles. The van der Waals surface area contributed by atoms with Crippen LogP contribution in [0.2, 0.25) is 0 Å². The molecule has 1 aliphatic rings. The summed E-state index contributed by atoms with van der Waals surface area (Å²) >= 11 is 0. The normalized spacial score (nSPS) is 14.6. The molecular formula is C19H17F2NO3. The van der Waals surface area contributed by atoms with Gasteiger partial charge in [-0.3, -0.25) is 4.79 Å². The minimum Gasteiger partial charge on any atom is -0.449 e. The molecule has 130 valence electrons. The molecule has 0 saturated carbocycles. The molecule has 0 spiro atoms. The first kappa shape index (κ1) is 17.1. The van der Waals surface area contributed by atoms with Crippen LogP contribution in [0.5, 0.6) is 0 Å². The summed E-state index contributed by atoms with van der Waals surface area (Å²) in [6, 6.07) is 9.98. The Morgan fingerprint density at radius 3 is 2.52 bits per heavy atom. The zero-order valence-electron chi connectivity index (χ0n) is 13.7. The Morgan fingerprint density at radius 2 is 1.80 bits per heavy atom. The topological polar surface area (TPSA) is 46.6 Å². The number of para-hydroxylation sites is 1. The minimum absolute atomic E-state index is 0.267. The molecule has 1 aliphatic heterocycles. The zero-order chi connectivity index (χ0) is 18.0. The summed E-state index contributed by atoms with van der Waals surface area (Å²) < 4.78 is 31.5. The van der Waals surface area contributed by atoms with Crippen molar-refractivity contribution >= 4 is 17.6 Å². The maximum absolute atomic E-state index is 13.2. The van der Waals surface area contributed by atoms with Gasteiger partial charge in [0.15, 0.2) is 6.10 Å². The van der Waals surface area contributed by atoms with E-state index >= 15 is 0 Å². The molecule has 2 aromatic carbocycles. The number of carbonyl (C=O) groups excluding carboxylic acids is 2. The number of anilines is 1. The fraction of sp³-hybridized carbons (Fsp3) is 0.263. The Bertz CT molecular complexity index is 802. The fourth-order valence-corrected chi connectivity index (χ4v) is 2.93. The number of benzene rings is 2. The van der Waals surface area contributed by atoms with Gasteiger partial charge in [0, 0.05) is 18.3 Å². The van der Waals surface area contributed by atoms with E-state index in [1.54, 1.807) is 4.90 Å². The average Bonchev–Trinajstić information content (AvgIpc) is 2.59. The SMILES string of the molecule is CC(OC(=O)c1cc(F)cc(F)c1)C(=O)N1CCCc2ccccc21. The molecule has 4 nitrogen and oxygen atoms in total. The monoisotopic (exact) mass is 345 g/mol. The van der Waals surface area contributed by atoms with Gasteiger partial charge >= 0.3 is 5.97 Å². The lowest BCUT2D eigenvalue weighted by molar-refractivity contribution is -0.126. The van der Waals surface area contributed by atoms with Gasteiger partial charge in [-0.15, -0.1) is 0 Å². The Kier molecular flexibility index (Phi) is 4.79. The highest BCUT2D eigenvalue weighted by Gasteiger charge is 2.28. The maximum Gasteiger partial charge on any atom is 0.339 e. The van der Waals surface area contributed by atoms with Crippen molar-refractivity contribution in [2.75, 3.05) is 11.4 Å². The molecule has 25 heavy (non-hydrogen) atoms. The van der Waals surface area contributed by atoms with E-state index in [4.69, 9.17) is 4.74 Å². The third-order valence-corrected chi connectivity index (χ3v) is 4.11. The molecule has 1 heterocycles. The van der Waals surface area contributed by atoms with Gasteiger partial charge in [-0.2, -0.15) is 0 Å². The standard InChI is InChI=1S/C19H17F2NO3/c1-12(25-19(24)14-9-15(20)11-16(21)10-14)18(23)22-8-4-6-13-5-2-3-7-17(13)22/h2-3,5,7,9-12H,4,6,8H2,1H3. The molecule has 6 heteroatoms. The van der Waals surface area contributed by atoms with Gasteiger partial charge in [-0.1, -0.05) is 18.2 Å². The second kappa shape index (κ2) is 7.01. The van der Waals surface area contributed by atoms with Crippen LogP contribution in [-0.4, -0.2) is 24.5 Å². The first-order valence-electron chi connectivity index (χ1n) is 8.02. The number of hydrogen-bond donors (Lipinski definition) is 0. The second-order valence-corrected chi connectivity index (χ2v) is 5.93. The van der Waals surface area contributed by atoms with E-state index in [1.807, 2.05) is 24.3 Å². The predicted molar refractivity (Wildman–Crippen MR) is 88.4 cm³/mol. The molecule has 0 bridgehead atoms. The number of esters is 1. The Labute approximate surface area is 144 Å². The molecule has 0 aromatic heterocycles. The lowest BCUT2D eigenvalue weighted by atomic mass is 10.0. The maximum atomic E-state index is 13.2. The summed E-state index contributed by atoms with van der Waals surface area (Å²) in [6.45, 7) is 1.99. The molecule has 1 unspecified atom stereocenters. The molecule has 0 saturated heterocycles. The number of fused-ring (bicyclic) bond motifs is 1. The number of halogens is 2. The zero-order valence-corrected chi connectivity index (χ0v) is 13.7. The summed E-state index contributed by atoms with van der Waals surface area (Å²) in [7, 11) is 0. The summed E-state index contributed by atoms with van der Waals surface area (Å²) in [6.07, 6.45) is 0.639. The Hall–Kier alpha value is -2.76. The van der Waals surface area contributed by atoms with Crippen LogP contribution in [0.3, 0.4) is 0 Å². The Morgan fingerprint density at radius 1 is 1.12 bits per heavy atom. The van der Waals surface area contributed by atoms with E-state index in [1.165, 1.54) is 6.92 Å². The molecule has 1 amide bonds. The van der Waals surface area contributed by atoms with Gasteiger partial charge < -0.3 is 9.64 Å². The summed E-state index contributed by atoms with van der Waals surface area (Å²) in [4.78, 5) is 26.3. The van der Waals surface area contributed by atoms with Gasteiger partial charge in [-0.25, -0.2) is 13.6 Å². The van der Waals surface area contributed by atoms with Crippen LogP contribution < -0.4 is 4.90 Å². The fourth-order valence-electron chi connectivity index (χ4n) is 2.93. The van der Waals surface area contributed by atoms with E-state index in [-0.39, 0.29) is 11.5 Å². The van der Waals surface area contributed by atoms with E-state index in [0.717, 1.165) is 36.2 Å². The van der Waals surface area contributed by atoms with E-state index in [9.17, 15) is 18.4 Å². The highest BCUT2D eigenvalue weighted by molar-refractivity contribution is 5.99. The third-order valence-electron chi connectivity index (χ3n) is 4.11. The average molecular weight is 345 g/mol. The quantitative estimate of drug-likeness (QED) is 0.800. The molecule has 0 N–H and O–H groups in total. The van der Waals surface area contributed by atoms with Gasteiger partial charge in [0.2, 0.25) is 0 Å². The van der Waals surface area contributed by atoms with Gasteiger partial charge in [0.05, 0.1) is 5.56 Å². The lowest BCUT2D eigenvalue weighted by Crippen LogP contribution is -2.42. The van der Waals surface area contributed by atoms with Crippen molar-refractivity contribution in [1.82, 2.24) is 0 Å². The highest BCUT2D eigenvalue weighted by Crippen LogP contribution is 2.27. The molecular weight excluding hydrogens is 328 g/mol. The van der Waals surface area contributed by atoms with E-state index in [0.29, 0.717) is 12.6 Å². The largest absolute Gasteiger partial charge is 0.449 e. The number of aryl methyl sites for hydroxylation is 1. The van der Waals surface area contributed by atoms with Gasteiger partial charge in [0.25, 0.3) is 5.91 Å². The Balaban J connectivity index is 1.74. The van der Waals surface area contributed by atoms with E-state index < -0.39 is 23.7 Å². The van der Waals surface area contributed by atoms with Crippen molar-refractivity contribution in [3.05, 3.63) is 65.2 Å². The van der Waals surface area contributed by atoms with Crippen LogP contribution in [0.1, 0.15) is 29.3 Å². The number of carbonyl (C=O) groups is 2. The van der Waals surface area contributed by atoms with Crippen LogP contribution in [0.4, 0.5) is 14.5 Å². The smallest absolute Gasteiger partial charge is 0.339 e. The van der Waals surface area contributed by atoms with Crippen molar-refractivity contribution in [2.45, 2.75) is 25.9 Å². The predicted octanol–water partition coefficient (Wildman–Crippen LogP) is 3.49. The molecule has 3 rings (SSSR count). The van der Waals surface area contributed by atoms with E-state index in [2.05, 4.69) is 0 Å². The summed E-state index contributed by atoms with van der Waals surface area (Å²) in [5.74, 6) is -3.06. The molecule has 2 aromatic rings. The van der Waals surface area contributed by atoms with Crippen LogP contribution >= 0.6 is 0 Å². The number of nitrogens with zero attached hydrogens (tertiary/aromatic N) is 1. The van der Waals surface area contributed by atoms with Crippen molar-refractivity contribution in [3.8, 4) is 0 Å². The number of ether oxygens (including phenoxy) is 1. The van der Waals surface area contributed by atoms with Crippen LogP contribution in [0.25, 0.3) is 0 Å². The summed E-state index contributed by atoms with van der Waals surface area (Å²) in [5, 5.41) is 0. The highest BCUT2D eigenvalue weighted by atomic mass is 19.1. The van der Waals surface area contributed by atoms with Crippen molar-refractivity contribution in [2.24, 2.45) is 0 Å². The number of rotatable bonds is 3. The second-order valence-electron chi connectivity index (χ2n) is 5.93. The number of amides is 1. The lowest BCUT2D eigenvalue weighted by Gasteiger charge is -2.31. The van der Waals surface area contributed by atoms with Gasteiger partial charge in [-0.05, 0) is 43.5 Å². The van der Waals surface area contributed by atoms with Crippen LogP contribution in [0.15, 0.2) is 42.5 Å². The van der Waals surface area contributed by atoms with Crippen molar-refractivity contribution in [1.29, 1.82) is 0 Å². The first-order chi connectivity index (χ1) is 12.0. The van der Waals surface area contributed by atoms with Gasteiger partial charge in [0.1, 0.15) is 11.6 Å². The van der Waals surface area contributed by atoms with Crippen LogP contribution in [0, 0.1) is 11.6 Å². The van der Waals surface area contributed by atoms with Crippen molar-refractivity contribution in [3.63, 3.8) is 0 Å². The molecule has 1 atom stereocenters. The summed E-state index contributed by atoms with van der Waals surface area (Å²) in [5.41, 5.74) is 1.60. The number of hydrogen-bond acceptors (Lipinski definition) is 3. The first-order valence-corrected chi connectivity index (χ1v) is 8.02. The molecule has 0 radical (unpaired) electrons. The molecule has 0 fully saturated rings.